The molecule has 1 aliphatic heterocycles. The largest absolute Gasteiger partial charge is 0.344 e. The van der Waals surface area contributed by atoms with E-state index in [1.54, 1.807) is 6.07 Å². The molecule has 0 spiro atoms. The van der Waals surface area contributed by atoms with Crippen LogP contribution in [0.5, 0.6) is 0 Å². The monoisotopic (exact) mass is 276 g/mol. The van der Waals surface area contributed by atoms with Crippen LogP contribution in [-0.4, -0.2) is 47.5 Å². The second kappa shape index (κ2) is 6.68. The number of amides is 1. The predicted octanol–water partition coefficient (Wildman–Crippen LogP) is 2.26. The third kappa shape index (κ3) is 3.46. The van der Waals surface area contributed by atoms with Crippen molar-refractivity contribution >= 4 is 11.9 Å². The van der Waals surface area contributed by atoms with Gasteiger partial charge in [-0.1, -0.05) is 13.3 Å². The fourth-order valence-electron chi connectivity index (χ4n) is 2.41. The molecule has 0 bridgehead atoms. The third-order valence-electron chi connectivity index (χ3n) is 3.64. The highest BCUT2D eigenvalue weighted by Crippen LogP contribution is 2.15. The van der Waals surface area contributed by atoms with Gasteiger partial charge in [0.25, 0.3) is 5.91 Å². The number of likely N-dealkylation sites (tertiary alicyclic amines) is 1. The first-order valence-corrected chi connectivity index (χ1v) is 7.48. The van der Waals surface area contributed by atoms with Crippen LogP contribution in [0.3, 0.4) is 0 Å². The predicted molar refractivity (Wildman–Crippen MR) is 80.1 cm³/mol. The van der Waals surface area contributed by atoms with Crippen molar-refractivity contribution in [2.75, 3.05) is 31.6 Å². The van der Waals surface area contributed by atoms with E-state index in [9.17, 15) is 4.79 Å². The van der Waals surface area contributed by atoms with Crippen LogP contribution in [-0.2, 0) is 0 Å². The summed E-state index contributed by atoms with van der Waals surface area (Å²) in [4.78, 5) is 25.2. The minimum absolute atomic E-state index is 0.0399. The highest BCUT2D eigenvalue weighted by atomic mass is 16.2. The molecular weight excluding hydrogens is 252 g/mol. The van der Waals surface area contributed by atoms with Crippen LogP contribution in [0.4, 0.5) is 5.95 Å². The van der Waals surface area contributed by atoms with E-state index in [0.29, 0.717) is 11.6 Å². The Morgan fingerprint density at radius 2 is 2.05 bits per heavy atom. The maximum atomic E-state index is 12.4. The summed E-state index contributed by atoms with van der Waals surface area (Å²) in [5, 5.41) is 0. The van der Waals surface area contributed by atoms with Crippen molar-refractivity contribution in [1.29, 1.82) is 0 Å². The van der Waals surface area contributed by atoms with Crippen LogP contribution in [0, 0.1) is 6.92 Å². The van der Waals surface area contributed by atoms with E-state index in [2.05, 4.69) is 16.9 Å². The Morgan fingerprint density at radius 1 is 1.35 bits per heavy atom. The Morgan fingerprint density at radius 3 is 2.70 bits per heavy atom. The third-order valence-corrected chi connectivity index (χ3v) is 3.64. The molecule has 0 aliphatic carbocycles. The van der Waals surface area contributed by atoms with E-state index < -0.39 is 0 Å². The summed E-state index contributed by atoms with van der Waals surface area (Å²) in [6.07, 6.45) is 4.43. The van der Waals surface area contributed by atoms with Crippen molar-refractivity contribution in [3.05, 3.63) is 17.5 Å². The normalized spacial score (nSPS) is 14.7. The van der Waals surface area contributed by atoms with Gasteiger partial charge in [-0.15, -0.1) is 0 Å². The number of carbonyl (C=O) groups is 1. The first-order chi connectivity index (χ1) is 9.61. The Balaban J connectivity index is 2.17. The van der Waals surface area contributed by atoms with Gasteiger partial charge in [-0.25, -0.2) is 9.97 Å². The van der Waals surface area contributed by atoms with Gasteiger partial charge < -0.3 is 9.80 Å². The topological polar surface area (TPSA) is 49.3 Å². The van der Waals surface area contributed by atoms with Crippen LogP contribution in [0.15, 0.2) is 6.07 Å². The molecule has 0 N–H and O–H groups in total. The Bertz CT molecular complexity index is 469. The van der Waals surface area contributed by atoms with Crippen LogP contribution in [0.1, 0.15) is 48.8 Å². The van der Waals surface area contributed by atoms with Gasteiger partial charge in [0.2, 0.25) is 5.95 Å². The Labute approximate surface area is 121 Å². The molecule has 0 saturated carbocycles. The van der Waals surface area contributed by atoms with Gasteiger partial charge in [0.1, 0.15) is 5.69 Å². The molecule has 1 aromatic heterocycles. The number of anilines is 1. The number of rotatable bonds is 5. The number of hydrogen-bond donors (Lipinski definition) is 0. The molecule has 5 heteroatoms. The van der Waals surface area contributed by atoms with E-state index in [4.69, 9.17) is 0 Å². The van der Waals surface area contributed by atoms with E-state index in [1.165, 1.54) is 0 Å². The first kappa shape index (κ1) is 14.8. The van der Waals surface area contributed by atoms with Crippen molar-refractivity contribution in [3.63, 3.8) is 0 Å². The number of hydrogen-bond acceptors (Lipinski definition) is 4. The molecule has 2 heterocycles. The maximum absolute atomic E-state index is 12.4. The zero-order chi connectivity index (χ0) is 14.5. The zero-order valence-electron chi connectivity index (χ0n) is 12.7. The molecule has 20 heavy (non-hydrogen) atoms. The molecule has 0 aromatic carbocycles. The highest BCUT2D eigenvalue weighted by molar-refractivity contribution is 5.92. The summed E-state index contributed by atoms with van der Waals surface area (Å²) < 4.78 is 0. The molecule has 0 atom stereocenters. The minimum Gasteiger partial charge on any atom is -0.344 e. The van der Waals surface area contributed by atoms with Gasteiger partial charge in [-0.2, -0.15) is 0 Å². The van der Waals surface area contributed by atoms with Gasteiger partial charge in [0, 0.05) is 32.4 Å². The second-order valence-corrected chi connectivity index (χ2v) is 5.47. The quantitative estimate of drug-likeness (QED) is 0.827. The summed E-state index contributed by atoms with van der Waals surface area (Å²) in [7, 11) is 1.98. The molecule has 0 unspecified atom stereocenters. The molecule has 1 fully saturated rings. The maximum Gasteiger partial charge on any atom is 0.272 e. The van der Waals surface area contributed by atoms with Gasteiger partial charge >= 0.3 is 0 Å². The van der Waals surface area contributed by atoms with Crippen molar-refractivity contribution in [1.82, 2.24) is 14.9 Å². The van der Waals surface area contributed by atoms with Gasteiger partial charge in [-0.3, -0.25) is 4.79 Å². The van der Waals surface area contributed by atoms with Crippen LogP contribution in [0.2, 0.25) is 0 Å². The standard InChI is InChI=1S/C15H24N4O/c1-4-5-8-18(3)15-16-12(2)11-13(17-15)14(20)19-9-6-7-10-19/h11H,4-10H2,1-3H3. The SMILES string of the molecule is CCCCN(C)c1nc(C)cc(C(=O)N2CCCC2)n1. The molecule has 1 amide bonds. The second-order valence-electron chi connectivity index (χ2n) is 5.47. The number of unbranched alkanes of at least 4 members (excludes halogenated alkanes) is 1. The number of aryl methyl sites for hydroxylation is 1. The van der Waals surface area contributed by atoms with E-state index in [-0.39, 0.29) is 5.91 Å². The molecule has 1 saturated heterocycles. The summed E-state index contributed by atoms with van der Waals surface area (Å²) >= 11 is 0. The van der Waals surface area contributed by atoms with E-state index in [0.717, 1.165) is 51.0 Å². The minimum atomic E-state index is 0.0399. The summed E-state index contributed by atoms with van der Waals surface area (Å²) in [6, 6.07) is 1.79. The molecular formula is C15H24N4O. The lowest BCUT2D eigenvalue weighted by Gasteiger charge is -2.19. The smallest absolute Gasteiger partial charge is 0.272 e. The van der Waals surface area contributed by atoms with Crippen molar-refractivity contribution in [2.24, 2.45) is 0 Å². The van der Waals surface area contributed by atoms with E-state index in [1.807, 2.05) is 23.8 Å². The first-order valence-electron chi connectivity index (χ1n) is 7.48. The number of aromatic nitrogens is 2. The van der Waals surface area contributed by atoms with Crippen LogP contribution < -0.4 is 4.90 Å². The summed E-state index contributed by atoms with van der Waals surface area (Å²) in [5.41, 5.74) is 1.37. The fraction of sp³-hybridized carbons (Fsp3) is 0.667. The van der Waals surface area contributed by atoms with Crippen LogP contribution >= 0.6 is 0 Å². The summed E-state index contributed by atoms with van der Waals surface area (Å²) in [5.74, 6) is 0.694. The van der Waals surface area contributed by atoms with E-state index >= 15 is 0 Å². The lowest BCUT2D eigenvalue weighted by atomic mass is 10.3. The van der Waals surface area contributed by atoms with Crippen molar-refractivity contribution in [2.45, 2.75) is 39.5 Å². The van der Waals surface area contributed by atoms with Crippen LogP contribution in [0.25, 0.3) is 0 Å². The molecule has 110 valence electrons. The van der Waals surface area contributed by atoms with Crippen molar-refractivity contribution in [3.8, 4) is 0 Å². The Kier molecular flexibility index (Phi) is 4.93. The zero-order valence-corrected chi connectivity index (χ0v) is 12.7. The number of carbonyl (C=O) groups excluding carboxylic acids is 1. The fourth-order valence-corrected chi connectivity index (χ4v) is 2.41. The van der Waals surface area contributed by atoms with Crippen molar-refractivity contribution < 1.29 is 4.79 Å². The summed E-state index contributed by atoms with van der Waals surface area (Å²) in [6.45, 7) is 6.69. The van der Waals surface area contributed by atoms with Gasteiger partial charge in [0.05, 0.1) is 0 Å². The molecule has 2 rings (SSSR count). The molecule has 1 aliphatic rings. The molecule has 1 aromatic rings. The average molecular weight is 276 g/mol. The lowest BCUT2D eigenvalue weighted by Crippen LogP contribution is -2.30. The Hall–Kier alpha value is -1.65. The highest BCUT2D eigenvalue weighted by Gasteiger charge is 2.21. The van der Waals surface area contributed by atoms with Gasteiger partial charge in [-0.05, 0) is 32.3 Å². The molecule has 5 nitrogen and oxygen atoms in total. The van der Waals surface area contributed by atoms with Gasteiger partial charge in [0.15, 0.2) is 0 Å². The molecule has 0 radical (unpaired) electrons. The average Bonchev–Trinajstić information content (AvgIpc) is 2.97. The lowest BCUT2D eigenvalue weighted by molar-refractivity contribution is 0.0787. The number of nitrogens with zero attached hydrogens (tertiary/aromatic N) is 4.